The molecule has 198 valence electrons. The van der Waals surface area contributed by atoms with E-state index >= 15 is 0 Å². The summed E-state index contributed by atoms with van der Waals surface area (Å²) in [7, 11) is 0. The lowest BCUT2D eigenvalue weighted by Gasteiger charge is -2.31. The van der Waals surface area contributed by atoms with Crippen molar-refractivity contribution >= 4 is 11.6 Å². The number of nitrogens with one attached hydrogen (secondary N) is 1. The second-order valence-electron chi connectivity index (χ2n) is 9.36. The normalized spacial score (nSPS) is 14.8. The Morgan fingerprint density at radius 3 is 2.59 bits per heavy atom. The van der Waals surface area contributed by atoms with Gasteiger partial charge in [0.15, 0.2) is 0 Å². The summed E-state index contributed by atoms with van der Waals surface area (Å²) in [4.78, 5) is 17.4. The number of rotatable bonds is 9. The molecule has 4 rings (SSSR count). The van der Waals surface area contributed by atoms with Crippen molar-refractivity contribution in [3.05, 3.63) is 82.7 Å². The summed E-state index contributed by atoms with van der Waals surface area (Å²) in [5.41, 5.74) is 3.28. The molecule has 1 aliphatic rings. The molecule has 1 unspecified atom stereocenters. The van der Waals surface area contributed by atoms with Gasteiger partial charge in [-0.05, 0) is 61.7 Å². The SMILES string of the molecule is CCN1CCc2cccc(NCC(=O)N(Cc3ccccc3C(F)(F)F)C(C)c3ccn(CC)n3)c2C1. The number of hydrogen-bond donors (Lipinski definition) is 1. The molecule has 2 aromatic carbocycles. The summed E-state index contributed by atoms with van der Waals surface area (Å²) in [5.74, 6) is -0.295. The number of nitrogens with zero attached hydrogens (tertiary/aromatic N) is 4. The van der Waals surface area contributed by atoms with Crippen LogP contribution in [0.4, 0.5) is 18.9 Å². The fraction of sp³-hybridized carbons (Fsp3) is 0.429. The third kappa shape index (κ3) is 6.15. The van der Waals surface area contributed by atoms with Crippen LogP contribution < -0.4 is 5.32 Å². The number of aryl methyl sites for hydroxylation is 1. The van der Waals surface area contributed by atoms with Gasteiger partial charge in [0, 0.05) is 38.1 Å². The van der Waals surface area contributed by atoms with Crippen LogP contribution >= 0.6 is 0 Å². The van der Waals surface area contributed by atoms with Gasteiger partial charge in [0.1, 0.15) is 0 Å². The first-order valence-corrected chi connectivity index (χ1v) is 12.8. The van der Waals surface area contributed by atoms with Crippen LogP contribution in [0.1, 0.15) is 54.8 Å². The minimum atomic E-state index is -4.51. The van der Waals surface area contributed by atoms with Crippen molar-refractivity contribution in [2.45, 2.75) is 59.0 Å². The van der Waals surface area contributed by atoms with Gasteiger partial charge in [-0.3, -0.25) is 14.4 Å². The van der Waals surface area contributed by atoms with E-state index in [1.54, 1.807) is 17.7 Å². The highest BCUT2D eigenvalue weighted by Gasteiger charge is 2.34. The molecule has 1 N–H and O–H groups in total. The van der Waals surface area contributed by atoms with Crippen LogP contribution in [0.15, 0.2) is 54.7 Å². The molecule has 37 heavy (non-hydrogen) atoms. The molecule has 0 spiro atoms. The number of aromatic nitrogens is 2. The molecule has 9 heteroatoms. The molecule has 1 aromatic heterocycles. The third-order valence-corrected chi connectivity index (χ3v) is 7.09. The molecule has 3 aromatic rings. The highest BCUT2D eigenvalue weighted by Crippen LogP contribution is 2.34. The first-order valence-electron chi connectivity index (χ1n) is 12.8. The molecular formula is C28H34F3N5O. The predicted octanol–water partition coefficient (Wildman–Crippen LogP) is 5.50. The third-order valence-electron chi connectivity index (χ3n) is 7.09. The lowest BCUT2D eigenvalue weighted by atomic mass is 9.98. The van der Waals surface area contributed by atoms with Crippen LogP contribution in [-0.2, 0) is 37.0 Å². The van der Waals surface area contributed by atoms with Crippen molar-refractivity contribution < 1.29 is 18.0 Å². The summed E-state index contributed by atoms with van der Waals surface area (Å²) in [6.07, 6.45) is -1.75. The van der Waals surface area contributed by atoms with Gasteiger partial charge in [-0.2, -0.15) is 18.3 Å². The zero-order valence-corrected chi connectivity index (χ0v) is 21.6. The van der Waals surface area contributed by atoms with E-state index in [1.165, 1.54) is 28.2 Å². The molecule has 0 bridgehead atoms. The lowest BCUT2D eigenvalue weighted by Crippen LogP contribution is -2.38. The monoisotopic (exact) mass is 513 g/mol. The van der Waals surface area contributed by atoms with Gasteiger partial charge in [-0.1, -0.05) is 37.3 Å². The number of carbonyl (C=O) groups is 1. The molecule has 0 aliphatic carbocycles. The van der Waals surface area contributed by atoms with E-state index in [0.29, 0.717) is 12.2 Å². The van der Waals surface area contributed by atoms with Gasteiger partial charge in [0.25, 0.3) is 0 Å². The zero-order chi connectivity index (χ0) is 26.6. The Morgan fingerprint density at radius 2 is 1.89 bits per heavy atom. The van der Waals surface area contributed by atoms with Crippen LogP contribution in [0.5, 0.6) is 0 Å². The number of carbonyl (C=O) groups excluding carboxylic acids is 1. The van der Waals surface area contributed by atoms with Gasteiger partial charge in [-0.25, -0.2) is 0 Å². The number of anilines is 1. The number of hydrogen-bond acceptors (Lipinski definition) is 4. The minimum Gasteiger partial charge on any atom is -0.376 e. The van der Waals surface area contributed by atoms with Crippen molar-refractivity contribution in [1.82, 2.24) is 19.6 Å². The van der Waals surface area contributed by atoms with Crippen LogP contribution in [0.2, 0.25) is 0 Å². The van der Waals surface area contributed by atoms with Crippen molar-refractivity contribution in [3.63, 3.8) is 0 Å². The molecule has 1 aliphatic heterocycles. The van der Waals surface area contributed by atoms with Crippen LogP contribution in [0.25, 0.3) is 0 Å². The average Bonchev–Trinajstić information content (AvgIpc) is 3.39. The van der Waals surface area contributed by atoms with E-state index < -0.39 is 17.8 Å². The van der Waals surface area contributed by atoms with Crippen molar-refractivity contribution in [1.29, 1.82) is 0 Å². The minimum absolute atomic E-state index is 0.0322. The number of alkyl halides is 3. The topological polar surface area (TPSA) is 53.4 Å². The smallest absolute Gasteiger partial charge is 0.376 e. The molecule has 6 nitrogen and oxygen atoms in total. The predicted molar refractivity (Wildman–Crippen MR) is 138 cm³/mol. The maximum Gasteiger partial charge on any atom is 0.416 e. The van der Waals surface area contributed by atoms with E-state index in [9.17, 15) is 18.0 Å². The number of halogens is 3. The van der Waals surface area contributed by atoms with Gasteiger partial charge in [0.05, 0.1) is 23.8 Å². The second kappa shape index (κ2) is 11.4. The summed E-state index contributed by atoms with van der Waals surface area (Å²) in [6.45, 7) is 9.09. The number of benzene rings is 2. The Kier molecular flexibility index (Phi) is 8.22. The standard InChI is InChI=1S/C28H34F3N5O/c1-4-34-15-13-21-10-8-12-26(23(21)19-34)32-17-27(37)36(20(3)25-14-16-35(5-2)33-25)18-22-9-6-7-11-24(22)28(29,30)31/h6-12,14,16,20,32H,4-5,13,15,17-19H2,1-3H3. The van der Waals surface area contributed by atoms with Gasteiger partial charge in [0.2, 0.25) is 5.91 Å². The molecule has 2 heterocycles. The first kappa shape index (κ1) is 26.7. The van der Waals surface area contributed by atoms with Gasteiger partial charge < -0.3 is 10.2 Å². The second-order valence-corrected chi connectivity index (χ2v) is 9.36. The maximum absolute atomic E-state index is 13.7. The fourth-order valence-corrected chi connectivity index (χ4v) is 4.84. The average molecular weight is 514 g/mol. The molecule has 0 saturated heterocycles. The van der Waals surface area contributed by atoms with Gasteiger partial charge in [-0.15, -0.1) is 0 Å². The highest BCUT2D eigenvalue weighted by atomic mass is 19.4. The molecule has 1 amide bonds. The lowest BCUT2D eigenvalue weighted by molar-refractivity contribution is -0.140. The Bertz CT molecular complexity index is 1220. The van der Waals surface area contributed by atoms with E-state index in [1.807, 2.05) is 31.3 Å². The Labute approximate surface area is 216 Å². The number of fused-ring (bicyclic) bond motifs is 1. The fourth-order valence-electron chi connectivity index (χ4n) is 4.84. The molecule has 0 fully saturated rings. The van der Waals surface area contributed by atoms with Crippen LogP contribution in [0.3, 0.4) is 0 Å². The van der Waals surface area contributed by atoms with Crippen molar-refractivity contribution in [2.75, 3.05) is 25.0 Å². The number of amides is 1. The summed E-state index contributed by atoms with van der Waals surface area (Å²) in [6, 6.07) is 12.8. The largest absolute Gasteiger partial charge is 0.416 e. The summed E-state index contributed by atoms with van der Waals surface area (Å²) >= 11 is 0. The molecule has 1 atom stereocenters. The Morgan fingerprint density at radius 1 is 1.11 bits per heavy atom. The maximum atomic E-state index is 13.7. The summed E-state index contributed by atoms with van der Waals surface area (Å²) in [5, 5.41) is 7.80. The van der Waals surface area contributed by atoms with Gasteiger partial charge >= 0.3 is 6.18 Å². The molecule has 0 radical (unpaired) electrons. The molecule has 0 saturated carbocycles. The van der Waals surface area contributed by atoms with E-state index in [-0.39, 0.29) is 24.6 Å². The highest BCUT2D eigenvalue weighted by molar-refractivity contribution is 5.81. The summed E-state index contributed by atoms with van der Waals surface area (Å²) < 4.78 is 42.9. The van der Waals surface area contributed by atoms with E-state index in [2.05, 4.69) is 28.3 Å². The van der Waals surface area contributed by atoms with Crippen LogP contribution in [-0.4, -0.2) is 45.1 Å². The zero-order valence-electron chi connectivity index (χ0n) is 21.6. The first-order chi connectivity index (χ1) is 17.7. The van der Waals surface area contributed by atoms with E-state index in [0.717, 1.165) is 37.8 Å². The van der Waals surface area contributed by atoms with Crippen molar-refractivity contribution in [2.24, 2.45) is 0 Å². The van der Waals surface area contributed by atoms with Crippen LogP contribution in [0, 0.1) is 0 Å². The Balaban J connectivity index is 1.59. The Hall–Kier alpha value is -3.33. The number of likely N-dealkylation sites (N-methyl/N-ethyl adjacent to an activating group) is 1. The van der Waals surface area contributed by atoms with Crippen molar-refractivity contribution in [3.8, 4) is 0 Å². The molecular weight excluding hydrogens is 479 g/mol. The van der Waals surface area contributed by atoms with E-state index in [4.69, 9.17) is 0 Å². The quantitative estimate of drug-likeness (QED) is 0.411.